The van der Waals surface area contributed by atoms with E-state index in [-0.39, 0.29) is 13.1 Å². The van der Waals surface area contributed by atoms with Crippen molar-refractivity contribution in [2.45, 2.75) is 6.35 Å². The van der Waals surface area contributed by atoms with Crippen molar-refractivity contribution in [2.24, 2.45) is 0 Å². The number of urea groups is 2. The number of hydrogen-bond acceptors (Lipinski definition) is 3. The molecule has 1 rings (SSSR count). The predicted octanol–water partition coefficient (Wildman–Crippen LogP) is 1.14. The zero-order valence-corrected chi connectivity index (χ0v) is 10.7. The molecule has 0 aliphatic carbocycles. The molecule has 0 aromatic heterocycles. The van der Waals surface area contributed by atoms with Crippen LogP contribution in [0, 0.1) is 0 Å². The van der Waals surface area contributed by atoms with Gasteiger partial charge in [0, 0.05) is 6.54 Å². The van der Waals surface area contributed by atoms with Crippen LogP contribution in [-0.2, 0) is 0 Å². The maximum Gasteiger partial charge on any atom is 0.340 e. The maximum atomic E-state index is 11.8. The summed E-state index contributed by atoms with van der Waals surface area (Å²) in [5.74, 6) is 0. The first-order valence-corrected chi connectivity index (χ1v) is 5.48. The highest BCUT2D eigenvalue weighted by atomic mass is 127. The largest absolute Gasteiger partial charge is 0.356 e. The number of carbonyl (C=O) groups excluding carboxylic acids is 2. The summed E-state index contributed by atoms with van der Waals surface area (Å²) >= 11 is 1.66. The third kappa shape index (κ3) is 2.19. The minimum Gasteiger partial charge on any atom is -0.356 e. The standard InChI is InChI=1S/C9H12IN3O3/c1-3-5-11-7(14)12(6-4-2)9(16)13(10)8(11)15/h3-4,8,15H,1-2,5-6H2. The summed E-state index contributed by atoms with van der Waals surface area (Å²) in [5.41, 5.74) is 0. The fraction of sp³-hybridized carbons (Fsp3) is 0.333. The van der Waals surface area contributed by atoms with Crippen LogP contribution in [-0.4, -0.2) is 49.5 Å². The van der Waals surface area contributed by atoms with Crippen LogP contribution >= 0.6 is 22.9 Å². The van der Waals surface area contributed by atoms with Gasteiger partial charge in [-0.2, -0.15) is 0 Å². The molecule has 1 aliphatic rings. The molecule has 4 amide bonds. The van der Waals surface area contributed by atoms with Crippen molar-refractivity contribution in [1.29, 1.82) is 0 Å². The molecule has 1 heterocycles. The molecule has 0 radical (unpaired) electrons. The summed E-state index contributed by atoms with van der Waals surface area (Å²) in [6, 6.07) is -1.11. The number of aliphatic hydroxyl groups is 1. The minimum absolute atomic E-state index is 0.109. The molecule has 0 aromatic rings. The Labute approximate surface area is 107 Å². The van der Waals surface area contributed by atoms with Gasteiger partial charge in [-0.25, -0.2) is 17.6 Å². The van der Waals surface area contributed by atoms with E-state index in [1.54, 1.807) is 22.9 Å². The lowest BCUT2D eigenvalue weighted by Gasteiger charge is -2.40. The van der Waals surface area contributed by atoms with E-state index in [0.717, 1.165) is 12.9 Å². The Morgan fingerprint density at radius 2 is 1.81 bits per heavy atom. The van der Waals surface area contributed by atoms with Crippen LogP contribution in [0.4, 0.5) is 9.59 Å². The molecule has 1 aliphatic heterocycles. The highest BCUT2D eigenvalue weighted by molar-refractivity contribution is 14.1. The Morgan fingerprint density at radius 3 is 2.31 bits per heavy atom. The number of halogens is 1. The Bertz CT molecular complexity index is 334. The van der Waals surface area contributed by atoms with E-state index in [4.69, 9.17) is 0 Å². The van der Waals surface area contributed by atoms with Crippen molar-refractivity contribution in [3.05, 3.63) is 25.3 Å². The van der Waals surface area contributed by atoms with E-state index in [0.29, 0.717) is 0 Å². The van der Waals surface area contributed by atoms with Crippen LogP contribution in [0.5, 0.6) is 0 Å². The van der Waals surface area contributed by atoms with Gasteiger partial charge < -0.3 is 5.11 Å². The molecular formula is C9H12IN3O3. The Kier molecular flexibility index (Phi) is 4.30. The second-order valence-corrected chi connectivity index (χ2v) is 4.10. The highest BCUT2D eigenvalue weighted by Crippen LogP contribution is 2.21. The summed E-state index contributed by atoms with van der Waals surface area (Å²) in [6.45, 7) is 7.24. The molecule has 0 spiro atoms. The van der Waals surface area contributed by atoms with Crippen LogP contribution in [0.3, 0.4) is 0 Å². The van der Waals surface area contributed by atoms with E-state index in [9.17, 15) is 14.7 Å². The average molecular weight is 337 g/mol. The molecule has 16 heavy (non-hydrogen) atoms. The normalized spacial score (nSPS) is 21.4. The molecule has 0 aromatic carbocycles. The van der Waals surface area contributed by atoms with Gasteiger partial charge in [-0.3, -0.25) is 4.90 Å². The lowest BCUT2D eigenvalue weighted by Crippen LogP contribution is -2.63. The van der Waals surface area contributed by atoms with Crippen LogP contribution < -0.4 is 0 Å². The van der Waals surface area contributed by atoms with E-state index in [1.807, 2.05) is 0 Å². The molecule has 1 N–H and O–H groups in total. The quantitative estimate of drug-likeness (QED) is 0.475. The van der Waals surface area contributed by atoms with Gasteiger partial charge in [0.15, 0.2) is 0 Å². The monoisotopic (exact) mass is 337 g/mol. The van der Waals surface area contributed by atoms with E-state index < -0.39 is 18.4 Å². The smallest absolute Gasteiger partial charge is 0.340 e. The van der Waals surface area contributed by atoms with Crippen molar-refractivity contribution in [3.8, 4) is 0 Å². The number of carbonyl (C=O) groups is 2. The number of nitrogens with zero attached hydrogens (tertiary/aromatic N) is 3. The first-order chi connectivity index (χ1) is 7.54. The minimum atomic E-state index is -1.26. The second kappa shape index (κ2) is 5.30. The van der Waals surface area contributed by atoms with Gasteiger partial charge >= 0.3 is 12.1 Å². The maximum absolute atomic E-state index is 11.8. The van der Waals surface area contributed by atoms with Gasteiger partial charge in [-0.05, 0) is 0 Å². The van der Waals surface area contributed by atoms with Crippen molar-refractivity contribution in [2.75, 3.05) is 13.1 Å². The lowest BCUT2D eigenvalue weighted by molar-refractivity contribution is -0.0412. The zero-order valence-electron chi connectivity index (χ0n) is 8.54. The summed E-state index contributed by atoms with van der Waals surface area (Å²) < 4.78 is 1.05. The predicted molar refractivity (Wildman–Crippen MR) is 66.5 cm³/mol. The Balaban J connectivity index is 2.96. The van der Waals surface area contributed by atoms with Gasteiger partial charge in [0.05, 0.1) is 29.4 Å². The van der Waals surface area contributed by atoms with Gasteiger partial charge in [-0.15, -0.1) is 13.2 Å². The molecule has 0 saturated carbocycles. The molecular weight excluding hydrogens is 325 g/mol. The number of imide groups is 1. The molecule has 0 bridgehead atoms. The summed E-state index contributed by atoms with van der Waals surface area (Å²) in [5, 5.41) is 9.70. The summed E-state index contributed by atoms with van der Waals surface area (Å²) in [4.78, 5) is 25.6. The highest BCUT2D eigenvalue weighted by Gasteiger charge is 2.41. The third-order valence-corrected chi connectivity index (χ3v) is 2.92. The second-order valence-electron chi connectivity index (χ2n) is 3.06. The van der Waals surface area contributed by atoms with Crippen LogP contribution in [0.15, 0.2) is 25.3 Å². The van der Waals surface area contributed by atoms with Crippen molar-refractivity contribution in [1.82, 2.24) is 12.9 Å². The van der Waals surface area contributed by atoms with Crippen LogP contribution in [0.2, 0.25) is 0 Å². The lowest BCUT2D eigenvalue weighted by atomic mass is 10.4. The SMILES string of the molecule is C=CCN1C(=O)N(I)C(O)N(CC=C)C1=O. The zero-order chi connectivity index (χ0) is 12.3. The third-order valence-electron chi connectivity index (χ3n) is 2.01. The van der Waals surface area contributed by atoms with E-state index in [2.05, 4.69) is 13.2 Å². The Hall–Kier alpha value is -1.09. The molecule has 1 saturated heterocycles. The van der Waals surface area contributed by atoms with Crippen LogP contribution in [0.25, 0.3) is 0 Å². The molecule has 1 unspecified atom stereocenters. The molecule has 88 valence electrons. The molecule has 6 nitrogen and oxygen atoms in total. The first kappa shape index (κ1) is 13.0. The van der Waals surface area contributed by atoms with Crippen LogP contribution in [0.1, 0.15) is 0 Å². The molecule has 1 fully saturated rings. The Morgan fingerprint density at radius 1 is 1.25 bits per heavy atom. The molecule has 7 heteroatoms. The number of hydrogen-bond donors (Lipinski definition) is 1. The van der Waals surface area contributed by atoms with Crippen molar-refractivity contribution < 1.29 is 14.7 Å². The van der Waals surface area contributed by atoms with Gasteiger partial charge in [0.2, 0.25) is 6.35 Å². The van der Waals surface area contributed by atoms with Crippen molar-refractivity contribution in [3.63, 3.8) is 0 Å². The first-order valence-electron chi connectivity index (χ1n) is 4.51. The summed E-state index contributed by atoms with van der Waals surface area (Å²) in [7, 11) is 0. The van der Waals surface area contributed by atoms with Gasteiger partial charge in [-0.1, -0.05) is 12.2 Å². The van der Waals surface area contributed by atoms with E-state index >= 15 is 0 Å². The topological polar surface area (TPSA) is 64.1 Å². The number of aliphatic hydroxyl groups excluding tert-OH is 1. The molecule has 1 atom stereocenters. The number of amides is 4. The van der Waals surface area contributed by atoms with E-state index in [1.165, 1.54) is 12.2 Å². The fourth-order valence-corrected chi connectivity index (χ4v) is 1.83. The average Bonchev–Trinajstić information content (AvgIpc) is 2.28. The van der Waals surface area contributed by atoms with Gasteiger partial charge in [0.1, 0.15) is 0 Å². The van der Waals surface area contributed by atoms with Gasteiger partial charge in [0.25, 0.3) is 0 Å². The number of rotatable bonds is 4. The summed E-state index contributed by atoms with van der Waals surface area (Å²) in [6.07, 6.45) is 1.66. The van der Waals surface area contributed by atoms with Crippen molar-refractivity contribution >= 4 is 34.9 Å². The fourth-order valence-electron chi connectivity index (χ4n) is 1.27.